The van der Waals surface area contributed by atoms with E-state index < -0.39 is 0 Å². The van der Waals surface area contributed by atoms with E-state index in [1.807, 2.05) is 54.4 Å². The third-order valence-corrected chi connectivity index (χ3v) is 3.24. The predicted molar refractivity (Wildman–Crippen MR) is 71.0 cm³/mol. The molecule has 0 radical (unpaired) electrons. The smallest absolute Gasteiger partial charge is 0.0829 e. The second kappa shape index (κ2) is 4.77. The van der Waals surface area contributed by atoms with E-state index in [9.17, 15) is 0 Å². The number of hydrogen-bond donors (Lipinski definition) is 0. The molecule has 1 nitrogen and oxygen atoms in total. The molecule has 0 bridgehead atoms. The van der Waals surface area contributed by atoms with Crippen LogP contribution in [0.2, 0.25) is 10.0 Å². The second-order valence-corrected chi connectivity index (χ2v) is 4.25. The van der Waals surface area contributed by atoms with Crippen molar-refractivity contribution in [1.29, 1.82) is 0 Å². The van der Waals surface area contributed by atoms with Gasteiger partial charge in [-0.1, -0.05) is 47.5 Å². The molecule has 0 saturated carbocycles. The zero-order valence-electron chi connectivity index (χ0n) is 8.82. The monoisotopic (exact) mass is 251 g/mol. The van der Waals surface area contributed by atoms with Gasteiger partial charge in [0, 0.05) is 12.7 Å². The SMILES string of the molecule is CN(c1ccccc1)c1cccc(Cl)c1Cl. The molecule has 2 aromatic rings. The molecule has 16 heavy (non-hydrogen) atoms. The molecule has 0 spiro atoms. The molecule has 0 aromatic heterocycles. The highest BCUT2D eigenvalue weighted by atomic mass is 35.5. The summed E-state index contributed by atoms with van der Waals surface area (Å²) in [5.74, 6) is 0. The first-order valence-corrected chi connectivity index (χ1v) is 5.68. The van der Waals surface area contributed by atoms with Gasteiger partial charge in [-0.25, -0.2) is 0 Å². The van der Waals surface area contributed by atoms with Gasteiger partial charge in [0.25, 0.3) is 0 Å². The van der Waals surface area contributed by atoms with Crippen LogP contribution in [0.25, 0.3) is 0 Å². The molecule has 2 rings (SSSR count). The molecule has 0 aliphatic heterocycles. The Kier molecular flexibility index (Phi) is 3.37. The number of nitrogens with zero attached hydrogens (tertiary/aromatic N) is 1. The van der Waals surface area contributed by atoms with E-state index in [0.717, 1.165) is 11.4 Å². The fourth-order valence-electron chi connectivity index (χ4n) is 1.54. The van der Waals surface area contributed by atoms with Gasteiger partial charge in [0.05, 0.1) is 15.7 Å². The van der Waals surface area contributed by atoms with Gasteiger partial charge in [-0.15, -0.1) is 0 Å². The number of halogens is 2. The number of anilines is 2. The van der Waals surface area contributed by atoms with Crippen molar-refractivity contribution in [2.45, 2.75) is 0 Å². The Labute approximate surface area is 105 Å². The molecule has 0 atom stereocenters. The quantitative estimate of drug-likeness (QED) is 0.744. The molecular weight excluding hydrogens is 241 g/mol. The minimum absolute atomic E-state index is 0.571. The highest BCUT2D eigenvalue weighted by Gasteiger charge is 2.09. The number of hydrogen-bond acceptors (Lipinski definition) is 1. The summed E-state index contributed by atoms with van der Waals surface area (Å²) in [5.41, 5.74) is 1.98. The van der Waals surface area contributed by atoms with Crippen molar-refractivity contribution in [3.63, 3.8) is 0 Å². The first-order valence-electron chi connectivity index (χ1n) is 4.93. The van der Waals surface area contributed by atoms with Crippen LogP contribution in [0.15, 0.2) is 48.5 Å². The van der Waals surface area contributed by atoms with E-state index in [2.05, 4.69) is 0 Å². The summed E-state index contributed by atoms with van der Waals surface area (Å²) in [6, 6.07) is 15.6. The predicted octanol–water partition coefficient (Wildman–Crippen LogP) is 4.76. The van der Waals surface area contributed by atoms with Crippen LogP contribution < -0.4 is 4.90 Å². The van der Waals surface area contributed by atoms with Gasteiger partial charge in [-0.2, -0.15) is 0 Å². The molecule has 0 N–H and O–H groups in total. The van der Waals surface area contributed by atoms with Crippen LogP contribution >= 0.6 is 23.2 Å². The van der Waals surface area contributed by atoms with Crippen molar-refractivity contribution >= 4 is 34.6 Å². The molecule has 2 aromatic carbocycles. The first-order chi connectivity index (χ1) is 7.70. The van der Waals surface area contributed by atoms with Crippen LogP contribution in [0, 0.1) is 0 Å². The summed E-state index contributed by atoms with van der Waals surface area (Å²) in [7, 11) is 1.97. The molecule has 0 heterocycles. The van der Waals surface area contributed by atoms with Gasteiger partial charge in [-0.3, -0.25) is 0 Å². The van der Waals surface area contributed by atoms with Crippen LogP contribution in [-0.4, -0.2) is 7.05 Å². The van der Waals surface area contributed by atoms with Gasteiger partial charge in [0.15, 0.2) is 0 Å². The first kappa shape index (κ1) is 11.3. The van der Waals surface area contributed by atoms with E-state index in [0.29, 0.717) is 10.0 Å². The maximum Gasteiger partial charge on any atom is 0.0829 e. The normalized spacial score (nSPS) is 10.2. The molecule has 0 saturated heterocycles. The number of rotatable bonds is 2. The molecule has 0 unspecified atom stereocenters. The average molecular weight is 252 g/mol. The molecule has 82 valence electrons. The minimum Gasteiger partial charge on any atom is -0.343 e. The summed E-state index contributed by atoms with van der Waals surface area (Å²) in [5, 5.41) is 1.15. The molecule has 0 aliphatic rings. The van der Waals surface area contributed by atoms with E-state index in [1.165, 1.54) is 0 Å². The minimum atomic E-state index is 0.571. The van der Waals surface area contributed by atoms with Crippen molar-refractivity contribution in [3.8, 4) is 0 Å². The van der Waals surface area contributed by atoms with Crippen LogP contribution in [0.3, 0.4) is 0 Å². The molecule has 0 amide bonds. The van der Waals surface area contributed by atoms with E-state index >= 15 is 0 Å². The maximum atomic E-state index is 6.16. The summed E-state index contributed by atoms with van der Waals surface area (Å²) >= 11 is 12.2. The van der Waals surface area contributed by atoms with Gasteiger partial charge < -0.3 is 4.90 Å². The molecule has 0 fully saturated rings. The summed E-state index contributed by atoms with van der Waals surface area (Å²) < 4.78 is 0. The molecular formula is C13H11Cl2N. The van der Waals surface area contributed by atoms with Crippen molar-refractivity contribution < 1.29 is 0 Å². The van der Waals surface area contributed by atoms with Crippen LogP contribution in [0.4, 0.5) is 11.4 Å². The van der Waals surface area contributed by atoms with Gasteiger partial charge >= 0.3 is 0 Å². The van der Waals surface area contributed by atoms with Gasteiger partial charge in [0.1, 0.15) is 0 Å². The van der Waals surface area contributed by atoms with Gasteiger partial charge in [-0.05, 0) is 24.3 Å². The summed E-state index contributed by atoms with van der Waals surface area (Å²) in [6.45, 7) is 0. The average Bonchev–Trinajstić information content (AvgIpc) is 2.33. The Hall–Kier alpha value is -1.18. The van der Waals surface area contributed by atoms with Crippen LogP contribution in [0.1, 0.15) is 0 Å². The standard InChI is InChI=1S/C13H11Cl2N/c1-16(10-6-3-2-4-7-10)12-9-5-8-11(14)13(12)15/h2-9H,1H3. The topological polar surface area (TPSA) is 3.24 Å². The third kappa shape index (κ3) is 2.16. The highest BCUT2D eigenvalue weighted by molar-refractivity contribution is 6.43. The van der Waals surface area contributed by atoms with E-state index in [1.54, 1.807) is 6.07 Å². The summed E-state index contributed by atoms with van der Waals surface area (Å²) in [4.78, 5) is 2.01. The van der Waals surface area contributed by atoms with E-state index in [4.69, 9.17) is 23.2 Å². The fraction of sp³-hybridized carbons (Fsp3) is 0.0769. The zero-order chi connectivity index (χ0) is 11.5. The fourth-order valence-corrected chi connectivity index (χ4v) is 1.96. The third-order valence-electron chi connectivity index (χ3n) is 2.44. The van der Waals surface area contributed by atoms with E-state index in [-0.39, 0.29) is 0 Å². The maximum absolute atomic E-state index is 6.16. The Bertz CT molecular complexity index is 483. The molecule has 3 heteroatoms. The Morgan fingerprint density at radius 3 is 2.25 bits per heavy atom. The highest BCUT2D eigenvalue weighted by Crippen LogP contribution is 2.34. The van der Waals surface area contributed by atoms with Crippen molar-refractivity contribution in [1.82, 2.24) is 0 Å². The zero-order valence-corrected chi connectivity index (χ0v) is 10.3. The Morgan fingerprint density at radius 1 is 0.875 bits per heavy atom. The number of para-hydroxylation sites is 1. The summed E-state index contributed by atoms with van der Waals surface area (Å²) in [6.07, 6.45) is 0. The van der Waals surface area contributed by atoms with Gasteiger partial charge in [0.2, 0.25) is 0 Å². The lowest BCUT2D eigenvalue weighted by Crippen LogP contribution is -2.09. The lowest BCUT2D eigenvalue weighted by Gasteiger charge is -2.21. The Morgan fingerprint density at radius 2 is 1.56 bits per heavy atom. The van der Waals surface area contributed by atoms with Crippen molar-refractivity contribution in [3.05, 3.63) is 58.6 Å². The van der Waals surface area contributed by atoms with Crippen LogP contribution in [-0.2, 0) is 0 Å². The number of benzene rings is 2. The second-order valence-electron chi connectivity index (χ2n) is 3.47. The largest absolute Gasteiger partial charge is 0.343 e. The Balaban J connectivity index is 2.42. The van der Waals surface area contributed by atoms with Crippen molar-refractivity contribution in [2.75, 3.05) is 11.9 Å². The lowest BCUT2D eigenvalue weighted by molar-refractivity contribution is 1.21. The van der Waals surface area contributed by atoms with Crippen molar-refractivity contribution in [2.24, 2.45) is 0 Å². The van der Waals surface area contributed by atoms with Crippen LogP contribution in [0.5, 0.6) is 0 Å². The lowest BCUT2D eigenvalue weighted by atomic mass is 10.2. The molecule has 0 aliphatic carbocycles.